The van der Waals surface area contributed by atoms with Crippen LogP contribution in [0.3, 0.4) is 0 Å². The molecule has 0 nitrogen and oxygen atoms in total. The fourth-order valence-corrected chi connectivity index (χ4v) is 4.69. The maximum Gasteiger partial charge on any atom is 0 e. The van der Waals surface area contributed by atoms with Crippen LogP contribution in [0.5, 0.6) is 0 Å². The smallest absolute Gasteiger partial charge is 0 e. The first-order valence-corrected chi connectivity index (χ1v) is 8.50. The molecule has 0 aromatic carbocycles. The second-order valence-corrected chi connectivity index (χ2v) is 8.75. The summed E-state index contributed by atoms with van der Waals surface area (Å²) >= 11 is 0. The molecule has 2 rings (SSSR count). The van der Waals surface area contributed by atoms with Crippen molar-refractivity contribution in [1.29, 1.82) is 0 Å². The van der Waals surface area contributed by atoms with E-state index in [2.05, 4.69) is 55.4 Å². The van der Waals surface area contributed by atoms with Crippen molar-refractivity contribution in [1.82, 2.24) is 0 Å². The normalized spacial score (nSPS) is 9.68. The topological polar surface area (TPSA) is 0 Å². The summed E-state index contributed by atoms with van der Waals surface area (Å²) in [6.07, 6.45) is 0. The van der Waals surface area contributed by atoms with Crippen LogP contribution in [0.2, 0.25) is 0 Å². The van der Waals surface area contributed by atoms with Crippen LogP contribution in [-0.4, -0.2) is 0 Å². The third kappa shape index (κ3) is 4.74. The predicted molar refractivity (Wildman–Crippen MR) is 89.8 cm³/mol. The summed E-state index contributed by atoms with van der Waals surface area (Å²) < 4.78 is 0. The van der Waals surface area contributed by atoms with E-state index in [0.717, 1.165) is 16.4 Å². The standard InChI is InChI=1S/2C8H13P.Zr/c2*1-5-6(2)8(4)9-7(5)3;/h2*9H,1-4H3;. The Kier molecular flexibility index (Phi) is 8.21. The molecule has 0 aliphatic heterocycles. The van der Waals surface area contributed by atoms with Gasteiger partial charge in [-0.2, -0.15) is 0 Å². The quantitative estimate of drug-likeness (QED) is 0.541. The fraction of sp³-hybridized carbons (Fsp3) is 0.500. The van der Waals surface area contributed by atoms with Gasteiger partial charge in [-0.25, -0.2) is 0 Å². The van der Waals surface area contributed by atoms with Crippen LogP contribution < -0.4 is 0 Å². The van der Waals surface area contributed by atoms with Crippen LogP contribution in [-0.2, 0) is 26.2 Å². The zero-order chi connectivity index (χ0) is 14.0. The van der Waals surface area contributed by atoms with Crippen LogP contribution >= 0.6 is 16.4 Å². The molecule has 104 valence electrons. The van der Waals surface area contributed by atoms with Crippen LogP contribution in [0.1, 0.15) is 43.4 Å². The Balaban J connectivity index is 0.000000324. The molecule has 0 unspecified atom stereocenters. The molecule has 2 aromatic rings. The van der Waals surface area contributed by atoms with Gasteiger partial charge in [-0.3, -0.25) is 0 Å². The van der Waals surface area contributed by atoms with Crippen LogP contribution in [0.25, 0.3) is 0 Å². The van der Waals surface area contributed by atoms with E-state index in [9.17, 15) is 0 Å². The maximum atomic E-state index is 2.23. The van der Waals surface area contributed by atoms with Crippen molar-refractivity contribution in [3.63, 3.8) is 0 Å². The molecule has 2 heterocycles. The third-order valence-electron chi connectivity index (χ3n) is 4.12. The third-order valence-corrected chi connectivity index (χ3v) is 7.12. The second kappa shape index (κ2) is 8.03. The van der Waals surface area contributed by atoms with Gasteiger partial charge in [-0.15, -0.1) is 16.4 Å². The maximum absolute atomic E-state index is 2.23. The first kappa shape index (κ1) is 19.4. The van der Waals surface area contributed by atoms with Crippen molar-refractivity contribution in [2.24, 2.45) is 0 Å². The Labute approximate surface area is 141 Å². The van der Waals surface area contributed by atoms with Crippen molar-refractivity contribution in [2.45, 2.75) is 55.4 Å². The summed E-state index contributed by atoms with van der Waals surface area (Å²) in [6, 6.07) is 0. The van der Waals surface area contributed by atoms with Crippen molar-refractivity contribution < 1.29 is 26.2 Å². The van der Waals surface area contributed by atoms with E-state index in [1.165, 1.54) is 22.3 Å². The Bertz CT molecular complexity index is 452. The largest absolute Gasteiger partial charge is 0.133 e. The van der Waals surface area contributed by atoms with Crippen molar-refractivity contribution in [3.05, 3.63) is 43.4 Å². The van der Waals surface area contributed by atoms with Gasteiger partial charge >= 0.3 is 0 Å². The van der Waals surface area contributed by atoms with Crippen molar-refractivity contribution in [2.75, 3.05) is 0 Å². The molecule has 0 amide bonds. The van der Waals surface area contributed by atoms with Gasteiger partial charge in [0.05, 0.1) is 0 Å². The first-order chi connectivity index (χ1) is 8.25. The molecule has 0 spiro atoms. The Hall–Kier alpha value is 0.443. The zero-order valence-electron chi connectivity index (χ0n) is 13.5. The van der Waals surface area contributed by atoms with Gasteiger partial charge in [-0.1, -0.05) is 0 Å². The molecular weight excluding hydrogens is 345 g/mol. The van der Waals surface area contributed by atoms with Crippen molar-refractivity contribution in [3.8, 4) is 0 Å². The number of hydrogen-bond donors (Lipinski definition) is 0. The van der Waals surface area contributed by atoms with Gasteiger partial charge in [0, 0.05) is 26.2 Å². The minimum absolute atomic E-state index is 0. The average molecular weight is 372 g/mol. The first-order valence-electron chi connectivity index (χ1n) is 6.50. The minimum Gasteiger partial charge on any atom is -0.133 e. The fourth-order valence-electron chi connectivity index (χ4n) is 2.06. The molecule has 0 saturated carbocycles. The van der Waals surface area contributed by atoms with E-state index < -0.39 is 0 Å². The molecule has 0 bridgehead atoms. The molecular formula is C16H26P2Zr. The van der Waals surface area contributed by atoms with E-state index in [0.29, 0.717) is 0 Å². The van der Waals surface area contributed by atoms with Gasteiger partial charge in [0.1, 0.15) is 0 Å². The van der Waals surface area contributed by atoms with Crippen LogP contribution in [0.4, 0.5) is 0 Å². The second-order valence-electron chi connectivity index (χ2n) is 5.25. The molecule has 0 aliphatic rings. The summed E-state index contributed by atoms with van der Waals surface area (Å²) in [5.41, 5.74) is 6.08. The minimum atomic E-state index is 0. The molecule has 19 heavy (non-hydrogen) atoms. The van der Waals surface area contributed by atoms with E-state index in [-0.39, 0.29) is 26.2 Å². The molecule has 2 aromatic heterocycles. The molecule has 0 aliphatic carbocycles. The predicted octanol–water partition coefficient (Wildman–Crippen LogP) is 5.90. The zero-order valence-corrected chi connectivity index (χ0v) is 18.0. The van der Waals surface area contributed by atoms with Gasteiger partial charge in [0.25, 0.3) is 0 Å². The summed E-state index contributed by atoms with van der Waals surface area (Å²) in [5, 5.41) is 6.30. The van der Waals surface area contributed by atoms with E-state index >= 15 is 0 Å². The van der Waals surface area contributed by atoms with Gasteiger partial charge in [-0.05, 0) is 98.8 Å². The summed E-state index contributed by atoms with van der Waals surface area (Å²) in [7, 11) is 1.95. The molecule has 3 heteroatoms. The van der Waals surface area contributed by atoms with E-state index in [1.807, 2.05) is 0 Å². The van der Waals surface area contributed by atoms with E-state index in [1.54, 1.807) is 21.2 Å². The number of aryl methyl sites for hydroxylation is 4. The summed E-state index contributed by atoms with van der Waals surface area (Å²) in [6.45, 7) is 17.8. The Morgan fingerprint density at radius 3 is 0.632 bits per heavy atom. The number of rotatable bonds is 0. The van der Waals surface area contributed by atoms with E-state index in [4.69, 9.17) is 0 Å². The monoisotopic (exact) mass is 370 g/mol. The molecule has 0 radical (unpaired) electrons. The Morgan fingerprint density at radius 1 is 0.421 bits per heavy atom. The van der Waals surface area contributed by atoms with Crippen molar-refractivity contribution >= 4 is 16.4 Å². The van der Waals surface area contributed by atoms with Gasteiger partial charge < -0.3 is 0 Å². The molecule has 0 saturated heterocycles. The van der Waals surface area contributed by atoms with Gasteiger partial charge in [0.2, 0.25) is 0 Å². The number of hydrogen-bond acceptors (Lipinski definition) is 0. The SMILES string of the molecule is Cc1[pH]c(C)c(C)c1C.Cc1[pH]c(C)c(C)c1C.[Zr]. The molecule has 0 N–H and O–H groups in total. The summed E-state index contributed by atoms with van der Waals surface area (Å²) in [5.74, 6) is 0. The molecule has 0 atom stereocenters. The Morgan fingerprint density at radius 2 is 0.579 bits per heavy atom. The average Bonchev–Trinajstić information content (AvgIpc) is 2.66. The summed E-state index contributed by atoms with van der Waals surface area (Å²) in [4.78, 5) is 0. The van der Waals surface area contributed by atoms with Crippen LogP contribution in [0.15, 0.2) is 0 Å². The molecule has 0 fully saturated rings. The van der Waals surface area contributed by atoms with Crippen LogP contribution in [0, 0.1) is 55.4 Å². The van der Waals surface area contributed by atoms with Gasteiger partial charge in [0.15, 0.2) is 0 Å².